The number of carbonyl (C=O) groups excluding carboxylic acids is 1. The number of amides is 1. The molecule has 5 aromatic rings. The fourth-order valence-electron chi connectivity index (χ4n) is 3.61. The van der Waals surface area contributed by atoms with Gasteiger partial charge in [0.2, 0.25) is 0 Å². The highest BCUT2D eigenvalue weighted by molar-refractivity contribution is 7.99. The Morgan fingerprint density at radius 1 is 1.00 bits per heavy atom. The lowest BCUT2D eigenvalue weighted by Crippen LogP contribution is -2.12. The van der Waals surface area contributed by atoms with E-state index >= 15 is 0 Å². The van der Waals surface area contributed by atoms with Crippen LogP contribution in [0.3, 0.4) is 0 Å². The van der Waals surface area contributed by atoms with Gasteiger partial charge in [-0.1, -0.05) is 36.0 Å². The molecule has 0 aliphatic rings. The molecule has 0 aliphatic carbocycles. The molecule has 35 heavy (non-hydrogen) atoms. The lowest BCUT2D eigenvalue weighted by molar-refractivity contribution is 0.102. The van der Waals surface area contributed by atoms with Crippen molar-refractivity contribution in [3.8, 4) is 5.75 Å². The molecule has 2 heterocycles. The number of nitrogens with zero attached hydrogens (tertiary/aromatic N) is 2. The van der Waals surface area contributed by atoms with Crippen molar-refractivity contribution in [3.63, 3.8) is 0 Å². The maximum absolute atomic E-state index is 13.0. The van der Waals surface area contributed by atoms with E-state index in [0.29, 0.717) is 11.3 Å². The third-order valence-corrected chi connectivity index (χ3v) is 6.56. The summed E-state index contributed by atoms with van der Waals surface area (Å²) in [5.41, 5.74) is 4.47. The standard InChI is InChI=1S/C28H22N4O2S/c1-18-9-10-20(16-26(18)33)30-28(34)23-7-2-3-8-27(23)35-21-12-13-22-24(31-32-25(22)17-21)14-11-19-6-4-5-15-29-19/h2-17,33H,1H3,(H,30,34)(H,31,32)/b14-11+. The fourth-order valence-corrected chi connectivity index (χ4v) is 4.59. The number of nitrogens with one attached hydrogen (secondary N) is 2. The van der Waals surface area contributed by atoms with Crippen molar-refractivity contribution in [1.82, 2.24) is 15.2 Å². The van der Waals surface area contributed by atoms with Crippen molar-refractivity contribution in [2.24, 2.45) is 0 Å². The molecule has 0 saturated heterocycles. The molecule has 0 fully saturated rings. The number of carbonyl (C=O) groups is 1. The summed E-state index contributed by atoms with van der Waals surface area (Å²) >= 11 is 1.51. The minimum atomic E-state index is -0.235. The van der Waals surface area contributed by atoms with E-state index in [4.69, 9.17) is 0 Å². The molecular weight excluding hydrogens is 456 g/mol. The van der Waals surface area contributed by atoms with E-state index in [1.165, 1.54) is 11.8 Å². The fraction of sp³-hybridized carbons (Fsp3) is 0.0357. The number of phenols is 1. The Hall–Kier alpha value is -4.36. The second-order valence-electron chi connectivity index (χ2n) is 7.96. The first-order chi connectivity index (χ1) is 17.1. The van der Waals surface area contributed by atoms with Gasteiger partial charge < -0.3 is 10.4 Å². The van der Waals surface area contributed by atoms with Crippen LogP contribution < -0.4 is 5.32 Å². The molecule has 0 saturated carbocycles. The van der Waals surface area contributed by atoms with Gasteiger partial charge in [0.15, 0.2) is 0 Å². The number of pyridine rings is 1. The van der Waals surface area contributed by atoms with Gasteiger partial charge in [-0.2, -0.15) is 5.10 Å². The average Bonchev–Trinajstić information content (AvgIpc) is 3.28. The molecule has 1 amide bonds. The number of anilines is 1. The van der Waals surface area contributed by atoms with E-state index in [9.17, 15) is 9.90 Å². The van der Waals surface area contributed by atoms with Crippen molar-refractivity contribution < 1.29 is 9.90 Å². The van der Waals surface area contributed by atoms with Crippen molar-refractivity contribution in [3.05, 3.63) is 108 Å². The van der Waals surface area contributed by atoms with Crippen LogP contribution in [0.15, 0.2) is 94.9 Å². The van der Waals surface area contributed by atoms with Crippen LogP contribution in [0.1, 0.15) is 27.3 Å². The quantitative estimate of drug-likeness (QED) is 0.258. The van der Waals surface area contributed by atoms with Gasteiger partial charge in [-0.25, -0.2) is 0 Å². The van der Waals surface area contributed by atoms with Crippen LogP contribution in [0.2, 0.25) is 0 Å². The molecular formula is C28H22N4O2S. The molecule has 0 bridgehead atoms. The van der Waals surface area contributed by atoms with Crippen LogP contribution in [0.4, 0.5) is 5.69 Å². The third-order valence-electron chi connectivity index (χ3n) is 5.49. The van der Waals surface area contributed by atoms with Gasteiger partial charge >= 0.3 is 0 Å². The van der Waals surface area contributed by atoms with Crippen LogP contribution in [-0.4, -0.2) is 26.2 Å². The van der Waals surface area contributed by atoms with E-state index in [-0.39, 0.29) is 11.7 Å². The monoisotopic (exact) mass is 478 g/mol. The lowest BCUT2D eigenvalue weighted by Gasteiger charge is -2.11. The number of rotatable bonds is 6. The molecule has 7 heteroatoms. The number of aromatic nitrogens is 3. The zero-order valence-corrected chi connectivity index (χ0v) is 19.7. The van der Waals surface area contributed by atoms with E-state index in [1.54, 1.807) is 30.5 Å². The van der Waals surface area contributed by atoms with Gasteiger partial charge in [-0.15, -0.1) is 0 Å². The maximum atomic E-state index is 13.0. The van der Waals surface area contributed by atoms with E-state index in [2.05, 4.69) is 20.5 Å². The Labute approximate surface area is 206 Å². The van der Waals surface area contributed by atoms with Gasteiger partial charge in [0.1, 0.15) is 5.75 Å². The van der Waals surface area contributed by atoms with Gasteiger partial charge in [-0.3, -0.25) is 14.9 Å². The molecule has 172 valence electrons. The molecule has 6 nitrogen and oxygen atoms in total. The highest BCUT2D eigenvalue weighted by atomic mass is 32.2. The SMILES string of the molecule is Cc1ccc(NC(=O)c2ccccc2Sc2ccc3c(/C=C/c4ccccn4)n[nH]c3c2)cc1O. The van der Waals surface area contributed by atoms with Gasteiger partial charge in [0.25, 0.3) is 5.91 Å². The number of H-pyrrole nitrogens is 1. The summed E-state index contributed by atoms with van der Waals surface area (Å²) in [6.07, 6.45) is 5.63. The number of benzene rings is 3. The van der Waals surface area contributed by atoms with Crippen LogP contribution in [0.5, 0.6) is 5.75 Å². The Kier molecular flexibility index (Phi) is 6.32. The molecule has 2 aromatic heterocycles. The van der Waals surface area contributed by atoms with Crippen LogP contribution >= 0.6 is 11.8 Å². The van der Waals surface area contributed by atoms with E-state index in [0.717, 1.165) is 37.6 Å². The highest BCUT2D eigenvalue weighted by Crippen LogP contribution is 2.33. The summed E-state index contributed by atoms with van der Waals surface area (Å²) in [6.45, 7) is 1.81. The second-order valence-corrected chi connectivity index (χ2v) is 9.07. The Morgan fingerprint density at radius 2 is 1.86 bits per heavy atom. The molecule has 3 N–H and O–H groups in total. The summed E-state index contributed by atoms with van der Waals surface area (Å²) < 4.78 is 0. The topological polar surface area (TPSA) is 90.9 Å². The zero-order chi connectivity index (χ0) is 24.2. The van der Waals surface area contributed by atoms with Crippen molar-refractivity contribution in [2.75, 3.05) is 5.32 Å². The van der Waals surface area contributed by atoms with Gasteiger partial charge in [-0.05, 0) is 73.2 Å². The maximum Gasteiger partial charge on any atom is 0.256 e. The highest BCUT2D eigenvalue weighted by Gasteiger charge is 2.14. The summed E-state index contributed by atoms with van der Waals surface area (Å²) in [6, 6.07) is 24.4. The lowest BCUT2D eigenvalue weighted by atomic mass is 10.2. The first-order valence-electron chi connectivity index (χ1n) is 11.0. The summed E-state index contributed by atoms with van der Waals surface area (Å²) in [5, 5.41) is 21.3. The molecule has 0 spiro atoms. The van der Waals surface area contributed by atoms with Crippen molar-refractivity contribution in [1.29, 1.82) is 0 Å². The first kappa shape index (κ1) is 22.4. The predicted octanol–water partition coefficient (Wildman–Crippen LogP) is 6.55. The number of fused-ring (bicyclic) bond motifs is 1. The molecule has 3 aromatic carbocycles. The summed E-state index contributed by atoms with van der Waals surface area (Å²) in [5.74, 6) is -0.0894. The predicted molar refractivity (Wildman–Crippen MR) is 141 cm³/mol. The smallest absolute Gasteiger partial charge is 0.256 e. The number of hydrogen-bond donors (Lipinski definition) is 3. The van der Waals surface area contributed by atoms with Crippen LogP contribution in [-0.2, 0) is 0 Å². The Bertz CT molecular complexity index is 1540. The summed E-state index contributed by atoms with van der Waals surface area (Å²) in [4.78, 5) is 19.1. The van der Waals surface area contributed by atoms with Gasteiger partial charge in [0.05, 0.1) is 22.5 Å². The third kappa shape index (κ3) is 5.10. The molecule has 0 atom stereocenters. The van der Waals surface area contributed by atoms with Crippen molar-refractivity contribution >= 4 is 46.4 Å². The van der Waals surface area contributed by atoms with E-state index < -0.39 is 0 Å². The van der Waals surface area contributed by atoms with Gasteiger partial charge in [0, 0.05) is 33.1 Å². The Balaban J connectivity index is 1.36. The Morgan fingerprint density at radius 3 is 2.69 bits per heavy atom. The van der Waals surface area contributed by atoms with Crippen LogP contribution in [0.25, 0.3) is 23.1 Å². The first-order valence-corrected chi connectivity index (χ1v) is 11.8. The van der Waals surface area contributed by atoms with Crippen molar-refractivity contribution in [2.45, 2.75) is 16.7 Å². The minimum Gasteiger partial charge on any atom is -0.508 e. The molecule has 0 unspecified atom stereocenters. The minimum absolute atomic E-state index is 0.146. The number of aromatic hydroxyl groups is 1. The molecule has 0 radical (unpaired) electrons. The van der Waals surface area contributed by atoms with Crippen LogP contribution in [0, 0.1) is 6.92 Å². The van der Waals surface area contributed by atoms with E-state index in [1.807, 2.05) is 73.7 Å². The number of phenolic OH excluding ortho intramolecular Hbond substituents is 1. The number of aryl methyl sites for hydroxylation is 1. The average molecular weight is 479 g/mol. The largest absolute Gasteiger partial charge is 0.508 e. The normalized spacial score (nSPS) is 11.2. The molecule has 0 aliphatic heterocycles. The summed E-state index contributed by atoms with van der Waals surface area (Å²) in [7, 11) is 0. The zero-order valence-electron chi connectivity index (χ0n) is 18.9. The number of hydrogen-bond acceptors (Lipinski definition) is 5. The second kappa shape index (κ2) is 9.87. The number of aromatic amines is 1. The molecule has 5 rings (SSSR count).